The van der Waals surface area contributed by atoms with Crippen LogP contribution in [0.1, 0.15) is 46.4 Å². The molecule has 5 nitrogen and oxygen atoms in total. The molecule has 0 saturated carbocycles. The van der Waals surface area contributed by atoms with E-state index in [1.807, 2.05) is 26.8 Å². The maximum Gasteiger partial charge on any atom is 0.251 e. The van der Waals surface area contributed by atoms with E-state index < -0.39 is 10.0 Å². The quantitative estimate of drug-likeness (QED) is 0.677. The maximum atomic E-state index is 12.7. The molecule has 1 unspecified atom stereocenters. The highest BCUT2D eigenvalue weighted by atomic mass is 32.2. The Morgan fingerprint density at radius 2 is 1.82 bits per heavy atom. The minimum Gasteiger partial charge on any atom is -0.345 e. The first kappa shape index (κ1) is 21.7. The van der Waals surface area contributed by atoms with E-state index in [4.69, 9.17) is 0 Å². The molecule has 150 valence electrons. The zero-order valence-corrected chi connectivity index (χ0v) is 17.7. The van der Waals surface area contributed by atoms with Crippen molar-refractivity contribution >= 4 is 21.6 Å². The van der Waals surface area contributed by atoms with E-state index in [0.29, 0.717) is 11.3 Å². The van der Waals surface area contributed by atoms with Crippen molar-refractivity contribution in [2.24, 2.45) is 0 Å². The van der Waals surface area contributed by atoms with E-state index in [2.05, 4.69) is 24.0 Å². The highest BCUT2D eigenvalue weighted by Gasteiger charge is 2.18. The molecule has 1 N–H and O–H groups in total. The van der Waals surface area contributed by atoms with Gasteiger partial charge >= 0.3 is 0 Å². The molecule has 0 aliphatic rings. The molecule has 0 saturated heterocycles. The molecule has 0 aliphatic carbocycles. The second-order valence-corrected chi connectivity index (χ2v) is 8.83. The second-order valence-electron chi connectivity index (χ2n) is 6.92. The molecule has 0 heterocycles. The van der Waals surface area contributed by atoms with Gasteiger partial charge in [-0.05, 0) is 55.7 Å². The van der Waals surface area contributed by atoms with Crippen molar-refractivity contribution in [3.05, 3.63) is 77.4 Å². The third kappa shape index (κ3) is 5.23. The molecule has 0 radical (unpaired) electrons. The van der Waals surface area contributed by atoms with Crippen molar-refractivity contribution in [2.45, 2.75) is 33.2 Å². The Labute approximate surface area is 168 Å². The van der Waals surface area contributed by atoms with E-state index in [1.54, 1.807) is 24.3 Å². The highest BCUT2D eigenvalue weighted by Crippen LogP contribution is 2.23. The summed E-state index contributed by atoms with van der Waals surface area (Å²) in [5.74, 6) is -0.187. The molecule has 2 aromatic rings. The van der Waals surface area contributed by atoms with E-state index in [-0.39, 0.29) is 18.5 Å². The number of nitrogens with zero attached hydrogens (tertiary/aromatic N) is 1. The molecule has 1 amide bonds. The molecule has 28 heavy (non-hydrogen) atoms. The fraction of sp³-hybridized carbons (Fsp3) is 0.318. The van der Waals surface area contributed by atoms with Crippen LogP contribution in [0.2, 0.25) is 0 Å². The molecule has 0 aliphatic heterocycles. The predicted molar refractivity (Wildman–Crippen MR) is 115 cm³/mol. The number of hydrogen-bond acceptors (Lipinski definition) is 3. The largest absolute Gasteiger partial charge is 0.345 e. The van der Waals surface area contributed by atoms with Crippen molar-refractivity contribution in [1.82, 2.24) is 5.32 Å². The number of amides is 1. The average Bonchev–Trinajstić information content (AvgIpc) is 2.63. The first-order valence-corrected chi connectivity index (χ1v) is 11.1. The van der Waals surface area contributed by atoms with Crippen LogP contribution in [-0.4, -0.2) is 27.1 Å². The summed E-state index contributed by atoms with van der Waals surface area (Å²) < 4.78 is 25.1. The molecule has 2 aromatic carbocycles. The summed E-state index contributed by atoms with van der Waals surface area (Å²) in [5.41, 5.74) is 4.43. The van der Waals surface area contributed by atoms with Crippen molar-refractivity contribution < 1.29 is 13.2 Å². The van der Waals surface area contributed by atoms with Crippen molar-refractivity contribution in [3.63, 3.8) is 0 Å². The Bertz CT molecular complexity index is 950. The van der Waals surface area contributed by atoms with Gasteiger partial charge in [-0.15, -0.1) is 6.58 Å². The summed E-state index contributed by atoms with van der Waals surface area (Å²) in [6.07, 6.45) is 3.44. The van der Waals surface area contributed by atoms with Gasteiger partial charge in [0.2, 0.25) is 10.0 Å². The van der Waals surface area contributed by atoms with Crippen LogP contribution in [0.5, 0.6) is 0 Å². The number of carbonyl (C=O) groups excluding carboxylic acids is 1. The summed E-state index contributed by atoms with van der Waals surface area (Å²) in [5, 5.41) is 3.08. The van der Waals surface area contributed by atoms with E-state index in [0.717, 1.165) is 23.8 Å². The second kappa shape index (κ2) is 9.06. The topological polar surface area (TPSA) is 66.5 Å². The fourth-order valence-corrected chi connectivity index (χ4v) is 4.07. The van der Waals surface area contributed by atoms with E-state index in [9.17, 15) is 13.2 Å². The monoisotopic (exact) mass is 400 g/mol. The highest BCUT2D eigenvalue weighted by molar-refractivity contribution is 7.92. The molecule has 6 heteroatoms. The Morgan fingerprint density at radius 1 is 1.18 bits per heavy atom. The maximum absolute atomic E-state index is 12.7. The first-order valence-electron chi connectivity index (χ1n) is 9.24. The number of carbonyl (C=O) groups is 1. The summed E-state index contributed by atoms with van der Waals surface area (Å²) in [4.78, 5) is 12.7. The third-order valence-corrected chi connectivity index (χ3v) is 5.79. The minimum absolute atomic E-state index is 0.0824. The number of rotatable bonds is 8. The molecule has 0 bridgehead atoms. The zero-order chi connectivity index (χ0) is 20.9. The van der Waals surface area contributed by atoms with Crippen molar-refractivity contribution in [2.75, 3.05) is 17.1 Å². The summed E-state index contributed by atoms with van der Waals surface area (Å²) in [6, 6.07) is 12.7. The Hall–Kier alpha value is -2.60. The average molecular weight is 401 g/mol. The van der Waals surface area contributed by atoms with Crippen LogP contribution in [0.25, 0.3) is 0 Å². The SMILES string of the molecule is C=CCN(c1ccc(C(=O)NC(CC)c2ccc(C)cc2C)cc1)S(C)(=O)=O. The Balaban J connectivity index is 2.21. The molecular formula is C22H28N2O3S. The minimum atomic E-state index is -3.42. The van der Waals surface area contributed by atoms with E-state index in [1.165, 1.54) is 15.9 Å². The molecule has 2 rings (SSSR count). The number of aryl methyl sites for hydroxylation is 2. The lowest BCUT2D eigenvalue weighted by Gasteiger charge is -2.22. The van der Waals surface area contributed by atoms with Gasteiger partial charge in [0, 0.05) is 5.56 Å². The third-order valence-electron chi connectivity index (χ3n) is 4.63. The van der Waals surface area contributed by atoms with Gasteiger partial charge in [0.1, 0.15) is 0 Å². The van der Waals surface area contributed by atoms with Gasteiger partial charge < -0.3 is 5.32 Å². The summed E-state index contributed by atoms with van der Waals surface area (Å²) >= 11 is 0. The van der Waals surface area contributed by atoms with Gasteiger partial charge in [0.25, 0.3) is 5.91 Å². The van der Waals surface area contributed by atoms with Crippen LogP contribution in [0.15, 0.2) is 55.1 Å². The standard InChI is InChI=1S/C22H28N2O3S/c1-6-14-24(28(5,26)27)19-11-9-18(10-12-19)22(25)23-21(7-2)20-13-8-16(3)15-17(20)4/h6,8-13,15,21H,1,7,14H2,2-5H3,(H,23,25). The van der Waals surface area contributed by atoms with Crippen LogP contribution in [0.4, 0.5) is 5.69 Å². The van der Waals surface area contributed by atoms with Crippen LogP contribution >= 0.6 is 0 Å². The molecule has 1 atom stereocenters. The normalized spacial score (nSPS) is 12.3. The molecular weight excluding hydrogens is 372 g/mol. The lowest BCUT2D eigenvalue weighted by atomic mass is 9.97. The van der Waals surface area contributed by atoms with Crippen LogP contribution < -0.4 is 9.62 Å². The summed E-state index contributed by atoms with van der Waals surface area (Å²) in [6.45, 7) is 9.90. The van der Waals surface area contributed by atoms with Crippen molar-refractivity contribution in [3.8, 4) is 0 Å². The molecule has 0 spiro atoms. The molecule has 0 fully saturated rings. The lowest BCUT2D eigenvalue weighted by Crippen LogP contribution is -2.30. The lowest BCUT2D eigenvalue weighted by molar-refractivity contribution is 0.0935. The van der Waals surface area contributed by atoms with Crippen LogP contribution in [-0.2, 0) is 10.0 Å². The Kier molecular flexibility index (Phi) is 7.02. The fourth-order valence-electron chi connectivity index (χ4n) is 3.19. The van der Waals surface area contributed by atoms with Gasteiger partial charge in [0.05, 0.1) is 24.5 Å². The van der Waals surface area contributed by atoms with Gasteiger partial charge in [-0.1, -0.05) is 36.8 Å². The molecule has 0 aromatic heterocycles. The van der Waals surface area contributed by atoms with Crippen LogP contribution in [0.3, 0.4) is 0 Å². The van der Waals surface area contributed by atoms with Gasteiger partial charge in [-0.2, -0.15) is 0 Å². The van der Waals surface area contributed by atoms with Gasteiger partial charge in [-0.25, -0.2) is 8.42 Å². The van der Waals surface area contributed by atoms with E-state index >= 15 is 0 Å². The zero-order valence-electron chi connectivity index (χ0n) is 16.9. The first-order chi connectivity index (χ1) is 13.2. The number of sulfonamides is 1. The Morgan fingerprint density at radius 3 is 2.32 bits per heavy atom. The number of nitrogens with one attached hydrogen (secondary N) is 1. The number of anilines is 1. The number of benzene rings is 2. The predicted octanol–water partition coefficient (Wildman–Crippen LogP) is 4.14. The van der Waals surface area contributed by atoms with Crippen molar-refractivity contribution in [1.29, 1.82) is 0 Å². The van der Waals surface area contributed by atoms with Crippen LogP contribution in [0, 0.1) is 13.8 Å². The van der Waals surface area contributed by atoms with Gasteiger partial charge in [-0.3, -0.25) is 9.10 Å². The smallest absolute Gasteiger partial charge is 0.251 e. The van der Waals surface area contributed by atoms with Gasteiger partial charge in [0.15, 0.2) is 0 Å². The summed E-state index contributed by atoms with van der Waals surface area (Å²) in [7, 11) is -3.42. The number of hydrogen-bond donors (Lipinski definition) is 1.